The second kappa shape index (κ2) is 8.69. The number of hydrogen-bond acceptors (Lipinski definition) is 6. The van der Waals surface area contributed by atoms with Crippen LogP contribution in [-0.4, -0.2) is 41.5 Å². The molecule has 2 heterocycles. The lowest BCUT2D eigenvalue weighted by Gasteiger charge is -2.37. The van der Waals surface area contributed by atoms with Gasteiger partial charge >= 0.3 is 7.48 Å². The summed E-state index contributed by atoms with van der Waals surface area (Å²) in [4.78, 5) is 0. The molecule has 1 saturated heterocycles. The van der Waals surface area contributed by atoms with Crippen molar-refractivity contribution < 1.29 is 18.7 Å². The summed E-state index contributed by atoms with van der Waals surface area (Å²) >= 11 is 0. The largest absolute Gasteiger partial charge is 0.427 e. The summed E-state index contributed by atoms with van der Waals surface area (Å²) in [5.74, 6) is 0.314. The lowest BCUT2D eigenvalue weighted by molar-refractivity contribution is -0.0893. The zero-order chi connectivity index (χ0) is 22.9. The van der Waals surface area contributed by atoms with Crippen LogP contribution in [0.5, 0.6) is 0 Å². The number of rotatable bonds is 9. The highest BCUT2D eigenvalue weighted by molar-refractivity contribution is 6.47. The Balaban J connectivity index is 1.42. The highest BCUT2D eigenvalue weighted by Gasteiger charge is 2.36. The molecule has 0 saturated carbocycles. The van der Waals surface area contributed by atoms with Crippen molar-refractivity contribution in [2.45, 2.75) is 51.0 Å². The zero-order valence-corrected chi connectivity index (χ0v) is 18.7. The summed E-state index contributed by atoms with van der Waals surface area (Å²) < 4.78 is 24.5. The molecule has 2 unspecified atom stereocenters. The molecule has 1 aliphatic heterocycles. The van der Waals surface area contributed by atoms with Crippen molar-refractivity contribution in [2.24, 2.45) is 0 Å². The van der Waals surface area contributed by atoms with Gasteiger partial charge in [-0.15, -0.1) is 0 Å². The van der Waals surface area contributed by atoms with Gasteiger partial charge in [0.15, 0.2) is 5.76 Å². The van der Waals surface area contributed by atoms with Gasteiger partial charge in [0.05, 0.1) is 17.2 Å². The van der Waals surface area contributed by atoms with Crippen molar-refractivity contribution in [3.05, 3.63) is 66.1 Å². The van der Waals surface area contributed by atoms with Crippen LogP contribution in [0.3, 0.4) is 0 Å². The summed E-state index contributed by atoms with van der Waals surface area (Å²) in [5.41, 5.74) is 1.71. The van der Waals surface area contributed by atoms with E-state index in [0.717, 1.165) is 29.0 Å². The van der Waals surface area contributed by atoms with E-state index in [0.29, 0.717) is 5.76 Å². The van der Waals surface area contributed by atoms with Gasteiger partial charge in [-0.2, -0.15) is 0 Å². The molecule has 3 aromatic rings. The number of anilines is 1. The van der Waals surface area contributed by atoms with Gasteiger partial charge < -0.3 is 24.9 Å². The van der Waals surface area contributed by atoms with Gasteiger partial charge in [0, 0.05) is 29.9 Å². The van der Waals surface area contributed by atoms with Gasteiger partial charge in [0.2, 0.25) is 0 Å². The van der Waals surface area contributed by atoms with Gasteiger partial charge in [-0.3, -0.25) is 0 Å². The van der Waals surface area contributed by atoms with E-state index in [2.05, 4.69) is 15.8 Å². The Kier molecular flexibility index (Phi) is 6.12. The molecular formula is C24H28BFN3O3. The first-order valence-electron chi connectivity index (χ1n) is 10.7. The van der Waals surface area contributed by atoms with Crippen molar-refractivity contribution in [1.82, 2.24) is 10.5 Å². The van der Waals surface area contributed by atoms with Crippen LogP contribution in [0.4, 0.5) is 10.1 Å². The van der Waals surface area contributed by atoms with Crippen LogP contribution >= 0.6 is 0 Å². The van der Waals surface area contributed by atoms with Crippen LogP contribution in [0.25, 0.3) is 11.3 Å². The van der Waals surface area contributed by atoms with Gasteiger partial charge in [-0.1, -0.05) is 22.8 Å². The average molecular weight is 436 g/mol. The summed E-state index contributed by atoms with van der Waals surface area (Å²) in [6, 6.07) is 16.1. The molecule has 0 bridgehead atoms. The maximum absolute atomic E-state index is 13.2. The van der Waals surface area contributed by atoms with Crippen LogP contribution in [0, 0.1) is 5.82 Å². The highest BCUT2D eigenvalue weighted by atomic mass is 19.1. The molecule has 0 amide bonds. The molecule has 3 N–H and O–H groups in total. The zero-order valence-electron chi connectivity index (χ0n) is 18.7. The molecule has 6 nitrogen and oxygen atoms in total. The van der Waals surface area contributed by atoms with Crippen molar-refractivity contribution in [1.29, 1.82) is 0 Å². The van der Waals surface area contributed by atoms with E-state index in [1.807, 2.05) is 44.2 Å². The van der Waals surface area contributed by atoms with E-state index >= 15 is 0 Å². The topological polar surface area (TPSA) is 89.5 Å². The van der Waals surface area contributed by atoms with Gasteiger partial charge in [0.25, 0.3) is 0 Å². The minimum absolute atomic E-state index is 0.0619. The maximum atomic E-state index is 13.2. The molecule has 167 valence electrons. The molecule has 1 radical (unpaired) electrons. The highest BCUT2D eigenvalue weighted by Crippen LogP contribution is 2.30. The van der Waals surface area contributed by atoms with E-state index in [-0.39, 0.29) is 17.9 Å². The lowest BCUT2D eigenvalue weighted by atomic mass is 9.82. The number of aliphatic hydroxyl groups is 1. The van der Waals surface area contributed by atoms with Crippen LogP contribution in [0.2, 0.25) is 0 Å². The molecular weight excluding hydrogens is 408 g/mol. The Morgan fingerprint density at radius 3 is 2.41 bits per heavy atom. The number of aromatic nitrogens is 1. The Morgan fingerprint density at radius 1 is 1.16 bits per heavy atom. The van der Waals surface area contributed by atoms with Crippen molar-refractivity contribution >= 4 is 18.6 Å². The van der Waals surface area contributed by atoms with E-state index < -0.39 is 11.2 Å². The fraction of sp³-hybridized carbons (Fsp3) is 0.375. The molecule has 32 heavy (non-hydrogen) atoms. The molecule has 1 aromatic heterocycles. The lowest BCUT2D eigenvalue weighted by Crippen LogP contribution is -2.49. The van der Waals surface area contributed by atoms with E-state index in [1.54, 1.807) is 33.5 Å². The predicted molar refractivity (Wildman–Crippen MR) is 123 cm³/mol. The Labute approximate surface area is 188 Å². The normalized spacial score (nSPS) is 17.1. The van der Waals surface area contributed by atoms with Gasteiger partial charge in [-0.25, -0.2) is 4.39 Å². The molecule has 2 atom stereocenters. The first-order chi connectivity index (χ1) is 15.1. The van der Waals surface area contributed by atoms with E-state index in [1.165, 1.54) is 12.1 Å². The summed E-state index contributed by atoms with van der Waals surface area (Å²) in [6.45, 7) is 8.05. The first kappa shape index (κ1) is 22.5. The first-order valence-corrected chi connectivity index (χ1v) is 10.7. The van der Waals surface area contributed by atoms with E-state index in [9.17, 15) is 9.50 Å². The molecule has 1 aliphatic rings. The van der Waals surface area contributed by atoms with Crippen LogP contribution < -0.4 is 16.1 Å². The fourth-order valence-electron chi connectivity index (χ4n) is 3.07. The van der Waals surface area contributed by atoms with Crippen molar-refractivity contribution in [3.8, 4) is 11.3 Å². The number of hydrogen-bond donors (Lipinski definition) is 3. The second-order valence-electron chi connectivity index (χ2n) is 9.19. The molecule has 0 aliphatic carbocycles. The quantitative estimate of drug-likeness (QED) is 0.352. The maximum Gasteiger partial charge on any atom is 0.330 e. The third-order valence-electron chi connectivity index (χ3n) is 6.01. The SMILES string of the molecule is CC(C)(O)C(C)(C)O[B]c1ccc(NC(c2cc(-c3ccc(F)cc3)on2)C2CN2)cc1. The Bertz CT molecular complexity index is 1040. The molecule has 2 aromatic carbocycles. The monoisotopic (exact) mass is 436 g/mol. The van der Waals surface area contributed by atoms with Crippen LogP contribution in [-0.2, 0) is 4.65 Å². The molecule has 8 heteroatoms. The second-order valence-corrected chi connectivity index (χ2v) is 9.19. The smallest absolute Gasteiger partial charge is 0.330 e. The van der Waals surface area contributed by atoms with Gasteiger partial charge in [0.1, 0.15) is 11.5 Å². The number of nitrogens with zero attached hydrogens (tertiary/aromatic N) is 1. The van der Waals surface area contributed by atoms with E-state index in [4.69, 9.17) is 9.18 Å². The Hall–Kier alpha value is -2.68. The Morgan fingerprint density at radius 2 is 1.81 bits per heavy atom. The van der Waals surface area contributed by atoms with Crippen LogP contribution in [0.15, 0.2) is 59.1 Å². The fourth-order valence-corrected chi connectivity index (χ4v) is 3.07. The minimum atomic E-state index is -0.972. The molecule has 1 fully saturated rings. The standard InChI is InChI=1S/C24H28BFN3O3/c1-23(2,30)24(3,4)32-25-16-7-11-18(12-8-16)28-22(20-14-27-20)19-13-21(31-29-19)15-5-9-17(26)10-6-15/h5-13,20,22,27-28,30H,14H2,1-4H3. The van der Waals surface area contributed by atoms with Crippen molar-refractivity contribution in [3.63, 3.8) is 0 Å². The predicted octanol–water partition coefficient (Wildman–Crippen LogP) is 3.42. The summed E-state index contributed by atoms with van der Waals surface area (Å²) in [7, 11) is 1.66. The molecule has 0 spiro atoms. The summed E-state index contributed by atoms with van der Waals surface area (Å²) in [6.07, 6.45) is 0. The summed E-state index contributed by atoms with van der Waals surface area (Å²) in [5, 5.41) is 21.3. The minimum Gasteiger partial charge on any atom is -0.427 e. The molecule has 4 rings (SSSR count). The number of benzene rings is 2. The van der Waals surface area contributed by atoms with Crippen molar-refractivity contribution in [2.75, 3.05) is 11.9 Å². The third kappa shape index (κ3) is 5.20. The van der Waals surface area contributed by atoms with Gasteiger partial charge in [-0.05, 0) is 64.1 Å². The van der Waals surface area contributed by atoms with Crippen LogP contribution in [0.1, 0.15) is 39.4 Å². The number of nitrogens with one attached hydrogen (secondary N) is 2. The third-order valence-corrected chi connectivity index (χ3v) is 6.01. The number of halogens is 1. The average Bonchev–Trinajstić information content (AvgIpc) is 3.47.